The lowest BCUT2D eigenvalue weighted by molar-refractivity contribution is 0.00266. The van der Waals surface area contributed by atoms with Crippen LogP contribution >= 0.6 is 0 Å². The van der Waals surface area contributed by atoms with Crippen LogP contribution < -0.4 is 9.46 Å². The van der Waals surface area contributed by atoms with Crippen LogP contribution in [-0.2, 0) is 21.3 Å². The van der Waals surface area contributed by atoms with E-state index >= 15 is 0 Å². The van der Waals surface area contributed by atoms with Gasteiger partial charge in [0.2, 0.25) is 10.0 Å². The lowest BCUT2D eigenvalue weighted by Gasteiger charge is -2.44. The maximum Gasteiger partial charge on any atom is 0.229 e. The molecule has 1 spiro atoms. The van der Waals surface area contributed by atoms with E-state index < -0.39 is 10.0 Å². The number of aromatic nitrogens is 2. The molecule has 0 amide bonds. The number of nitrogens with zero attached hydrogens (tertiary/aromatic N) is 4. The van der Waals surface area contributed by atoms with Gasteiger partial charge in [0, 0.05) is 50.1 Å². The van der Waals surface area contributed by atoms with E-state index in [1.807, 2.05) is 12.1 Å². The van der Waals surface area contributed by atoms with Crippen molar-refractivity contribution in [3.63, 3.8) is 0 Å². The number of sulfonamides is 1. The zero-order valence-electron chi connectivity index (χ0n) is 19.2. The third-order valence-corrected chi connectivity index (χ3v) is 7.02. The van der Waals surface area contributed by atoms with Crippen LogP contribution in [0.15, 0.2) is 46.2 Å². The number of anilines is 1. The van der Waals surface area contributed by atoms with E-state index in [1.54, 1.807) is 18.2 Å². The molecule has 1 fully saturated rings. The minimum atomic E-state index is -3.38. The second-order valence-electron chi connectivity index (χ2n) is 8.95. The number of hydrogen-bond donors (Lipinski definition) is 1. The Morgan fingerprint density at radius 3 is 2.71 bits per heavy atom. The molecule has 1 aromatic heterocycles. The zero-order chi connectivity index (χ0) is 23.8. The number of oxime groups is 1. The van der Waals surface area contributed by atoms with E-state index in [9.17, 15) is 8.42 Å². The molecule has 1 saturated heterocycles. The highest BCUT2D eigenvalue weighted by molar-refractivity contribution is 7.92. The SMILES string of the molecule is CON=C1CC2(CCN(CCc3ccc4nonc4c3)CC2)Oc2ccc(NS(C)(=O)=O)cc21. The third kappa shape index (κ3) is 4.85. The molecule has 0 radical (unpaired) electrons. The number of hydrogen-bond acceptors (Lipinski definition) is 9. The first-order chi connectivity index (χ1) is 16.3. The van der Waals surface area contributed by atoms with Gasteiger partial charge in [-0.3, -0.25) is 4.72 Å². The molecule has 1 N–H and O–H groups in total. The second-order valence-corrected chi connectivity index (χ2v) is 10.7. The third-order valence-electron chi connectivity index (χ3n) is 6.41. The summed E-state index contributed by atoms with van der Waals surface area (Å²) in [5.41, 5.74) is 4.40. The number of ether oxygens (including phenoxy) is 1. The minimum absolute atomic E-state index is 0.349. The van der Waals surface area contributed by atoms with Crippen LogP contribution in [0.3, 0.4) is 0 Å². The predicted octanol–water partition coefficient (Wildman–Crippen LogP) is 2.80. The van der Waals surface area contributed by atoms with Gasteiger partial charge in [0.1, 0.15) is 29.5 Å². The molecule has 180 valence electrons. The summed E-state index contributed by atoms with van der Waals surface area (Å²) in [6.07, 6.45) is 4.39. The average Bonchev–Trinajstić information content (AvgIpc) is 3.26. The van der Waals surface area contributed by atoms with Gasteiger partial charge in [-0.05, 0) is 52.6 Å². The normalized spacial score (nSPS) is 19.2. The molecule has 10 nitrogen and oxygen atoms in total. The number of likely N-dealkylation sites (tertiary alicyclic amines) is 1. The highest BCUT2D eigenvalue weighted by Crippen LogP contribution is 2.40. The minimum Gasteiger partial charge on any atom is -0.486 e. The van der Waals surface area contributed by atoms with Crippen molar-refractivity contribution in [2.24, 2.45) is 5.16 Å². The molecule has 3 heterocycles. The molecule has 2 aliphatic rings. The molecule has 5 rings (SSSR count). The molecule has 11 heteroatoms. The molecule has 2 aliphatic heterocycles. The van der Waals surface area contributed by atoms with E-state index in [1.165, 1.54) is 12.7 Å². The first kappa shape index (κ1) is 22.6. The first-order valence-corrected chi connectivity index (χ1v) is 13.1. The van der Waals surface area contributed by atoms with Crippen LogP contribution in [0.25, 0.3) is 11.0 Å². The average molecular weight is 486 g/mol. The molecular formula is C23H27N5O5S. The lowest BCUT2D eigenvalue weighted by Crippen LogP contribution is -2.51. The molecule has 2 aromatic carbocycles. The molecule has 3 aromatic rings. The fraction of sp³-hybridized carbons (Fsp3) is 0.435. The van der Waals surface area contributed by atoms with Gasteiger partial charge in [0.25, 0.3) is 0 Å². The van der Waals surface area contributed by atoms with Crippen molar-refractivity contribution >= 4 is 32.5 Å². The summed E-state index contributed by atoms with van der Waals surface area (Å²) in [5.74, 6) is 0.698. The van der Waals surface area contributed by atoms with Gasteiger partial charge in [-0.15, -0.1) is 0 Å². The van der Waals surface area contributed by atoms with Gasteiger partial charge in [0.05, 0.1) is 12.0 Å². The Hall–Kier alpha value is -3.18. The molecule has 0 aliphatic carbocycles. The summed E-state index contributed by atoms with van der Waals surface area (Å²) in [6.45, 7) is 2.77. The van der Waals surface area contributed by atoms with Crippen LogP contribution in [-0.4, -0.2) is 67.9 Å². The van der Waals surface area contributed by atoms with E-state index in [2.05, 4.69) is 31.2 Å². The van der Waals surface area contributed by atoms with Gasteiger partial charge in [0.15, 0.2) is 0 Å². The number of nitrogens with one attached hydrogen (secondary N) is 1. The largest absolute Gasteiger partial charge is 0.486 e. The molecule has 0 bridgehead atoms. The highest BCUT2D eigenvalue weighted by atomic mass is 32.2. The summed E-state index contributed by atoms with van der Waals surface area (Å²) in [6, 6.07) is 11.3. The van der Waals surface area contributed by atoms with Gasteiger partial charge in [-0.2, -0.15) is 0 Å². The molecule has 34 heavy (non-hydrogen) atoms. The Morgan fingerprint density at radius 2 is 1.94 bits per heavy atom. The summed E-state index contributed by atoms with van der Waals surface area (Å²) in [5, 5.41) is 12.0. The van der Waals surface area contributed by atoms with E-state index in [0.717, 1.165) is 67.5 Å². The van der Waals surface area contributed by atoms with Crippen LogP contribution in [0.5, 0.6) is 5.75 Å². The van der Waals surface area contributed by atoms with Crippen LogP contribution in [0.1, 0.15) is 30.4 Å². The van der Waals surface area contributed by atoms with Crippen molar-refractivity contribution in [1.82, 2.24) is 15.2 Å². The number of piperidine rings is 1. The lowest BCUT2D eigenvalue weighted by atomic mass is 9.82. The van der Waals surface area contributed by atoms with Crippen molar-refractivity contribution in [1.29, 1.82) is 0 Å². The topological polar surface area (TPSA) is 119 Å². The second kappa shape index (κ2) is 8.88. The van der Waals surface area contributed by atoms with Crippen molar-refractivity contribution in [2.45, 2.75) is 31.3 Å². The van der Waals surface area contributed by atoms with E-state index in [0.29, 0.717) is 17.9 Å². The number of benzene rings is 2. The Balaban J connectivity index is 1.26. The summed E-state index contributed by atoms with van der Waals surface area (Å²) in [7, 11) is -1.86. The van der Waals surface area contributed by atoms with Gasteiger partial charge >= 0.3 is 0 Å². The van der Waals surface area contributed by atoms with E-state index in [4.69, 9.17) is 14.2 Å². The molecule has 0 unspecified atom stereocenters. The maximum absolute atomic E-state index is 11.6. The maximum atomic E-state index is 11.6. The smallest absolute Gasteiger partial charge is 0.229 e. The van der Waals surface area contributed by atoms with Crippen LogP contribution in [0.4, 0.5) is 5.69 Å². The number of fused-ring (bicyclic) bond motifs is 2. The highest BCUT2D eigenvalue weighted by Gasteiger charge is 2.42. The fourth-order valence-electron chi connectivity index (χ4n) is 4.72. The van der Waals surface area contributed by atoms with Crippen molar-refractivity contribution in [2.75, 3.05) is 37.7 Å². The number of rotatable bonds is 6. The van der Waals surface area contributed by atoms with Gasteiger partial charge in [-0.25, -0.2) is 13.0 Å². The Kier molecular flexibility index (Phi) is 5.90. The zero-order valence-corrected chi connectivity index (χ0v) is 20.0. The molecule has 0 atom stereocenters. The summed E-state index contributed by atoms with van der Waals surface area (Å²) >= 11 is 0. The van der Waals surface area contributed by atoms with Crippen molar-refractivity contribution in [3.8, 4) is 5.75 Å². The summed E-state index contributed by atoms with van der Waals surface area (Å²) < 4.78 is 37.1. The summed E-state index contributed by atoms with van der Waals surface area (Å²) in [4.78, 5) is 7.56. The van der Waals surface area contributed by atoms with Crippen LogP contribution in [0.2, 0.25) is 0 Å². The van der Waals surface area contributed by atoms with Crippen molar-refractivity contribution in [3.05, 3.63) is 47.5 Å². The van der Waals surface area contributed by atoms with Crippen LogP contribution in [0, 0.1) is 0 Å². The van der Waals surface area contributed by atoms with Crippen molar-refractivity contribution < 1.29 is 22.6 Å². The quantitative estimate of drug-likeness (QED) is 0.530. The Labute approximate surface area is 197 Å². The standard InChI is InChI=1S/C23H27N5O5S/c1-31-24-21-15-23(32-22-6-4-17(14-18(21)22)27-34(2,29)30)8-11-28(12-9-23)10-7-16-3-5-19-20(13-16)26-33-25-19/h3-6,13-14,27H,7-12,15H2,1-2H3. The Bertz CT molecular complexity index is 1330. The molecular weight excluding hydrogens is 458 g/mol. The predicted molar refractivity (Wildman–Crippen MR) is 128 cm³/mol. The van der Waals surface area contributed by atoms with Gasteiger partial charge in [-0.1, -0.05) is 11.2 Å². The first-order valence-electron chi connectivity index (χ1n) is 11.2. The monoisotopic (exact) mass is 485 g/mol. The van der Waals surface area contributed by atoms with Gasteiger partial charge < -0.3 is 14.5 Å². The van der Waals surface area contributed by atoms with E-state index in [-0.39, 0.29) is 5.60 Å². The molecule has 0 saturated carbocycles. The Morgan fingerprint density at radius 1 is 1.15 bits per heavy atom. The fourth-order valence-corrected chi connectivity index (χ4v) is 5.27.